The third-order valence-electron chi connectivity index (χ3n) is 2.33. The van der Waals surface area contributed by atoms with Crippen molar-refractivity contribution < 1.29 is 32.4 Å². The van der Waals surface area contributed by atoms with E-state index in [1.807, 2.05) is 0 Å². The second-order valence-electron chi connectivity index (χ2n) is 3.63. The van der Waals surface area contributed by atoms with Crippen LogP contribution < -0.4 is 2.81 Å². The molecule has 0 fully saturated rings. The molecule has 0 radical (unpaired) electrons. The quantitative estimate of drug-likeness (QED) is 0.441. The molecule has 98 valence electrons. The van der Waals surface area contributed by atoms with E-state index in [0.717, 1.165) is 6.07 Å². The zero-order chi connectivity index (χ0) is 14.8. The van der Waals surface area contributed by atoms with Crippen LogP contribution in [-0.2, 0) is 14.9 Å². The first-order valence-corrected chi connectivity index (χ1v) is 7.65. The van der Waals surface area contributed by atoms with E-state index in [2.05, 4.69) is 4.74 Å². The molecular formula is C10H9NaO7S. The first-order valence-electron chi connectivity index (χ1n) is 5.21. The van der Waals surface area contributed by atoms with Crippen LogP contribution in [0, 0.1) is 0 Å². The summed E-state index contributed by atoms with van der Waals surface area (Å²) in [5.74, 6) is -2.52. The Hall–Kier alpha value is -0.930. The van der Waals surface area contributed by atoms with Gasteiger partial charge in [0, 0.05) is 0 Å². The SMILES string of the molecule is CCOC(=O)c1cc[c]([Na])c(C(=O)O)c1S(=O)(=O)O. The van der Waals surface area contributed by atoms with Gasteiger partial charge in [0.15, 0.2) is 0 Å². The molecule has 0 saturated heterocycles. The number of rotatable bonds is 4. The summed E-state index contributed by atoms with van der Waals surface area (Å²) < 4.78 is 36.7. The summed E-state index contributed by atoms with van der Waals surface area (Å²) in [6.45, 7) is 1.51. The van der Waals surface area contributed by atoms with Crippen LogP contribution in [0.25, 0.3) is 0 Å². The molecule has 0 aliphatic rings. The molecule has 9 heteroatoms. The fraction of sp³-hybridized carbons (Fsp3) is 0.200. The minimum atomic E-state index is -4.85. The maximum absolute atomic E-state index is 11.6. The predicted molar refractivity (Wildman–Crippen MR) is 64.6 cm³/mol. The Morgan fingerprint density at radius 3 is 2.37 bits per heavy atom. The van der Waals surface area contributed by atoms with Crippen LogP contribution in [0.15, 0.2) is 17.0 Å². The minimum absolute atomic E-state index is 0.00518. The summed E-state index contributed by atoms with van der Waals surface area (Å²) >= 11 is 0.243. The third-order valence-corrected chi connectivity index (χ3v) is 4.11. The Kier molecular flexibility index (Phi) is 5.11. The Bertz CT molecular complexity index is 636. The monoisotopic (exact) mass is 296 g/mol. The first-order chi connectivity index (χ1) is 8.70. The van der Waals surface area contributed by atoms with Gasteiger partial charge in [0.25, 0.3) is 0 Å². The zero-order valence-electron chi connectivity index (χ0n) is 10.2. The van der Waals surface area contributed by atoms with Gasteiger partial charge in [-0.25, -0.2) is 0 Å². The molecule has 0 amide bonds. The van der Waals surface area contributed by atoms with Crippen LogP contribution in [0.2, 0.25) is 0 Å². The number of carboxylic acids is 1. The summed E-state index contributed by atoms with van der Waals surface area (Å²) in [6.07, 6.45) is 0. The van der Waals surface area contributed by atoms with E-state index in [-0.39, 0.29) is 37.4 Å². The van der Waals surface area contributed by atoms with E-state index in [1.165, 1.54) is 13.0 Å². The Balaban J connectivity index is 3.72. The van der Waals surface area contributed by atoms with Crippen molar-refractivity contribution in [1.82, 2.24) is 0 Å². The second kappa shape index (κ2) is 6.02. The van der Waals surface area contributed by atoms with Crippen molar-refractivity contribution in [3.63, 3.8) is 0 Å². The van der Waals surface area contributed by atoms with Gasteiger partial charge in [-0.2, -0.15) is 0 Å². The molecule has 2 N–H and O–H groups in total. The van der Waals surface area contributed by atoms with Crippen LogP contribution in [-0.4, -0.2) is 64.6 Å². The van der Waals surface area contributed by atoms with E-state index in [1.54, 1.807) is 0 Å². The van der Waals surface area contributed by atoms with Crippen molar-refractivity contribution in [2.24, 2.45) is 0 Å². The molecule has 0 aliphatic heterocycles. The molecule has 7 nitrogen and oxygen atoms in total. The summed E-state index contributed by atoms with van der Waals surface area (Å²) in [6, 6.07) is 2.46. The number of ether oxygens (including phenoxy) is 1. The summed E-state index contributed by atoms with van der Waals surface area (Å²) in [4.78, 5) is 21.8. The number of benzene rings is 1. The zero-order valence-corrected chi connectivity index (χ0v) is 13.0. The fourth-order valence-electron chi connectivity index (χ4n) is 1.58. The van der Waals surface area contributed by atoms with Crippen LogP contribution in [0.1, 0.15) is 27.6 Å². The normalized spacial score (nSPS) is 11.2. The molecule has 0 atom stereocenters. The molecule has 0 aromatic heterocycles. The van der Waals surface area contributed by atoms with Gasteiger partial charge in [-0.05, 0) is 0 Å². The van der Waals surface area contributed by atoms with E-state index in [4.69, 9.17) is 9.66 Å². The van der Waals surface area contributed by atoms with Crippen LogP contribution in [0.4, 0.5) is 0 Å². The van der Waals surface area contributed by atoms with Crippen LogP contribution in [0.3, 0.4) is 0 Å². The molecule has 1 aromatic carbocycles. The number of carbonyl (C=O) groups excluding carboxylic acids is 1. The van der Waals surface area contributed by atoms with Gasteiger partial charge in [-0.15, -0.1) is 0 Å². The van der Waals surface area contributed by atoms with E-state index < -0.39 is 38.1 Å². The third kappa shape index (κ3) is 3.54. The van der Waals surface area contributed by atoms with Gasteiger partial charge in [-0.1, -0.05) is 0 Å². The molecule has 0 unspecified atom stereocenters. The first kappa shape index (κ1) is 16.1. The average molecular weight is 296 g/mol. The average Bonchev–Trinajstić information content (AvgIpc) is 2.26. The number of hydrogen-bond acceptors (Lipinski definition) is 5. The van der Waals surface area contributed by atoms with Gasteiger partial charge in [0.1, 0.15) is 0 Å². The Labute approximate surface area is 126 Å². The maximum atomic E-state index is 11.6. The fourth-order valence-corrected chi connectivity index (χ4v) is 3.33. The van der Waals surface area contributed by atoms with Gasteiger partial charge in [-0.3, -0.25) is 0 Å². The number of hydrogen-bond donors (Lipinski definition) is 2. The predicted octanol–water partition coefficient (Wildman–Crippen LogP) is -0.398. The van der Waals surface area contributed by atoms with Gasteiger partial charge >= 0.3 is 127 Å². The molecule has 0 aliphatic carbocycles. The van der Waals surface area contributed by atoms with E-state index in [0.29, 0.717) is 0 Å². The van der Waals surface area contributed by atoms with Crippen molar-refractivity contribution in [1.29, 1.82) is 0 Å². The molecule has 0 heterocycles. The number of esters is 1. The van der Waals surface area contributed by atoms with Crippen LogP contribution >= 0.6 is 0 Å². The summed E-state index contributed by atoms with van der Waals surface area (Å²) in [5, 5.41) is 9.04. The molecule has 0 bridgehead atoms. The number of aromatic carboxylic acids is 1. The second-order valence-corrected chi connectivity index (χ2v) is 6.07. The van der Waals surface area contributed by atoms with Crippen molar-refractivity contribution in [2.45, 2.75) is 11.8 Å². The van der Waals surface area contributed by atoms with Crippen molar-refractivity contribution in [3.8, 4) is 0 Å². The molecule has 1 aromatic rings. The van der Waals surface area contributed by atoms with Crippen LogP contribution in [0.5, 0.6) is 0 Å². The molecular weight excluding hydrogens is 287 g/mol. The summed E-state index contributed by atoms with van der Waals surface area (Å²) in [7, 11) is -4.85. The van der Waals surface area contributed by atoms with Gasteiger partial charge < -0.3 is 0 Å². The molecule has 19 heavy (non-hydrogen) atoms. The van der Waals surface area contributed by atoms with Gasteiger partial charge in [0.2, 0.25) is 0 Å². The molecule has 0 spiro atoms. The van der Waals surface area contributed by atoms with Crippen molar-refractivity contribution >= 4 is 52.8 Å². The topological polar surface area (TPSA) is 118 Å². The number of carbonyl (C=O) groups is 2. The van der Waals surface area contributed by atoms with Gasteiger partial charge in [0.05, 0.1) is 0 Å². The molecule has 1 rings (SSSR count). The standard InChI is InChI=1S/C10H9O7S.Na/c1-2-17-10(13)7-5-3-4-6(9(11)12)8(7)18(14,15)16;/h3,5H,2H2,1H3,(H,11,12)(H,14,15,16);. The van der Waals surface area contributed by atoms with Crippen molar-refractivity contribution in [3.05, 3.63) is 23.3 Å². The Morgan fingerprint density at radius 1 is 1.37 bits per heavy atom. The Morgan fingerprint density at radius 2 is 1.95 bits per heavy atom. The van der Waals surface area contributed by atoms with E-state index in [9.17, 15) is 18.0 Å². The van der Waals surface area contributed by atoms with Crippen molar-refractivity contribution in [2.75, 3.05) is 6.61 Å². The van der Waals surface area contributed by atoms with E-state index >= 15 is 0 Å². The summed E-state index contributed by atoms with van der Waals surface area (Å²) in [5.41, 5.74) is -1.07. The number of carboxylic acid groups (broad SMARTS) is 1. The molecule has 0 saturated carbocycles.